The molecule has 1 N–H and O–H groups in total. The Labute approximate surface area is 138 Å². The van der Waals surface area contributed by atoms with E-state index in [9.17, 15) is 4.79 Å². The van der Waals surface area contributed by atoms with Gasteiger partial charge in [-0.2, -0.15) is 4.98 Å². The average Bonchev–Trinajstić information content (AvgIpc) is 3.05. The van der Waals surface area contributed by atoms with Crippen LogP contribution in [0.25, 0.3) is 0 Å². The number of aromatic nitrogens is 3. The molecule has 120 valence electrons. The largest absolute Gasteiger partial charge is 0.467 e. The quantitative estimate of drug-likeness (QED) is 0.920. The summed E-state index contributed by atoms with van der Waals surface area (Å²) in [4.78, 5) is 26.3. The van der Waals surface area contributed by atoms with Gasteiger partial charge in [-0.25, -0.2) is 4.98 Å². The number of anilines is 1. The number of nitrogens with zero attached hydrogens (tertiary/aromatic N) is 4. The van der Waals surface area contributed by atoms with Crippen molar-refractivity contribution < 1.29 is 9.53 Å². The highest BCUT2D eigenvalue weighted by atomic mass is 35.5. The Hall–Kier alpha value is -2.41. The van der Waals surface area contributed by atoms with Gasteiger partial charge in [-0.1, -0.05) is 11.6 Å². The molecule has 0 saturated carbocycles. The first-order valence-corrected chi connectivity index (χ1v) is 7.57. The topological polar surface area (TPSA) is 80.2 Å². The molecule has 0 spiro atoms. The van der Waals surface area contributed by atoms with Gasteiger partial charge in [0.2, 0.25) is 0 Å². The monoisotopic (exact) mass is 333 g/mol. The number of carbonyl (C=O) groups is 1. The van der Waals surface area contributed by atoms with Crippen LogP contribution in [0.1, 0.15) is 16.8 Å². The van der Waals surface area contributed by atoms with Crippen LogP contribution in [0.5, 0.6) is 6.01 Å². The SMILES string of the molecule is COc1ncc(Cl)c(NC2CCN(C(=O)c3ccncc3)C2)n1. The minimum absolute atomic E-state index is 0.00284. The first kappa shape index (κ1) is 15.5. The molecule has 1 atom stereocenters. The fourth-order valence-corrected chi connectivity index (χ4v) is 2.63. The highest BCUT2D eigenvalue weighted by Gasteiger charge is 2.27. The van der Waals surface area contributed by atoms with Crippen molar-refractivity contribution in [1.82, 2.24) is 19.9 Å². The number of likely N-dealkylation sites (tertiary alicyclic amines) is 1. The third-order valence-corrected chi connectivity index (χ3v) is 3.92. The van der Waals surface area contributed by atoms with E-state index in [0.29, 0.717) is 29.5 Å². The van der Waals surface area contributed by atoms with Crippen molar-refractivity contribution in [1.29, 1.82) is 0 Å². The molecule has 1 aliphatic heterocycles. The number of ether oxygens (including phenoxy) is 1. The minimum Gasteiger partial charge on any atom is -0.467 e. The van der Waals surface area contributed by atoms with Crippen molar-refractivity contribution >= 4 is 23.3 Å². The van der Waals surface area contributed by atoms with E-state index in [-0.39, 0.29) is 18.0 Å². The van der Waals surface area contributed by atoms with E-state index in [0.717, 1.165) is 6.42 Å². The third-order valence-electron chi connectivity index (χ3n) is 3.65. The number of pyridine rings is 1. The molecule has 1 saturated heterocycles. The van der Waals surface area contributed by atoms with E-state index >= 15 is 0 Å². The highest BCUT2D eigenvalue weighted by molar-refractivity contribution is 6.32. The number of nitrogens with one attached hydrogen (secondary N) is 1. The van der Waals surface area contributed by atoms with E-state index in [4.69, 9.17) is 16.3 Å². The van der Waals surface area contributed by atoms with Crippen LogP contribution in [0, 0.1) is 0 Å². The number of halogens is 1. The van der Waals surface area contributed by atoms with Crippen LogP contribution in [-0.2, 0) is 0 Å². The van der Waals surface area contributed by atoms with Crippen LogP contribution in [-0.4, -0.2) is 52.0 Å². The zero-order valence-electron chi connectivity index (χ0n) is 12.6. The van der Waals surface area contributed by atoms with E-state index in [1.165, 1.54) is 13.3 Å². The van der Waals surface area contributed by atoms with Gasteiger partial charge in [0, 0.05) is 37.1 Å². The van der Waals surface area contributed by atoms with E-state index in [1.807, 2.05) is 0 Å². The van der Waals surface area contributed by atoms with Crippen molar-refractivity contribution in [3.8, 4) is 6.01 Å². The highest BCUT2D eigenvalue weighted by Crippen LogP contribution is 2.23. The van der Waals surface area contributed by atoms with Gasteiger partial charge >= 0.3 is 6.01 Å². The fraction of sp³-hybridized carbons (Fsp3) is 0.333. The normalized spacial score (nSPS) is 17.1. The number of hydrogen-bond acceptors (Lipinski definition) is 6. The predicted molar refractivity (Wildman–Crippen MR) is 85.8 cm³/mol. The second kappa shape index (κ2) is 6.78. The van der Waals surface area contributed by atoms with Gasteiger partial charge in [-0.3, -0.25) is 9.78 Å². The van der Waals surface area contributed by atoms with Crippen LogP contribution < -0.4 is 10.1 Å². The molecule has 1 amide bonds. The third kappa shape index (κ3) is 3.50. The van der Waals surface area contributed by atoms with Gasteiger partial charge < -0.3 is 15.0 Å². The molecule has 3 heterocycles. The Balaban J connectivity index is 1.65. The molecule has 0 radical (unpaired) electrons. The lowest BCUT2D eigenvalue weighted by molar-refractivity contribution is 0.0791. The van der Waals surface area contributed by atoms with E-state index < -0.39 is 0 Å². The molecular formula is C15H16ClN5O2. The number of carbonyl (C=O) groups excluding carboxylic acids is 1. The molecule has 7 nitrogen and oxygen atoms in total. The second-order valence-corrected chi connectivity index (χ2v) is 5.58. The van der Waals surface area contributed by atoms with Crippen molar-refractivity contribution in [2.45, 2.75) is 12.5 Å². The maximum Gasteiger partial charge on any atom is 0.318 e. The lowest BCUT2D eigenvalue weighted by atomic mass is 10.2. The zero-order chi connectivity index (χ0) is 16.2. The summed E-state index contributed by atoms with van der Waals surface area (Å²) in [6.45, 7) is 1.27. The first-order chi connectivity index (χ1) is 11.2. The molecule has 8 heteroatoms. The van der Waals surface area contributed by atoms with Crippen molar-refractivity contribution in [3.63, 3.8) is 0 Å². The van der Waals surface area contributed by atoms with Crippen LogP contribution in [0.4, 0.5) is 5.82 Å². The number of methoxy groups -OCH3 is 1. The van der Waals surface area contributed by atoms with Gasteiger partial charge in [0.1, 0.15) is 5.02 Å². The van der Waals surface area contributed by atoms with Crippen molar-refractivity contribution in [3.05, 3.63) is 41.3 Å². The Morgan fingerprint density at radius 3 is 2.96 bits per heavy atom. The van der Waals surface area contributed by atoms with Crippen molar-refractivity contribution in [2.24, 2.45) is 0 Å². The van der Waals surface area contributed by atoms with Crippen LogP contribution in [0.2, 0.25) is 5.02 Å². The lowest BCUT2D eigenvalue weighted by Gasteiger charge is -2.18. The number of hydrogen-bond donors (Lipinski definition) is 1. The molecule has 2 aromatic heterocycles. The second-order valence-electron chi connectivity index (χ2n) is 5.17. The maximum atomic E-state index is 12.4. The maximum absolute atomic E-state index is 12.4. The zero-order valence-corrected chi connectivity index (χ0v) is 13.3. The molecule has 0 aromatic carbocycles. The molecule has 2 aromatic rings. The average molecular weight is 334 g/mol. The molecule has 1 fully saturated rings. The lowest BCUT2D eigenvalue weighted by Crippen LogP contribution is -2.31. The van der Waals surface area contributed by atoms with E-state index in [2.05, 4.69) is 20.3 Å². The number of rotatable bonds is 4. The smallest absolute Gasteiger partial charge is 0.318 e. The van der Waals surface area contributed by atoms with Gasteiger partial charge in [0.25, 0.3) is 5.91 Å². The summed E-state index contributed by atoms with van der Waals surface area (Å²) in [7, 11) is 1.50. The summed E-state index contributed by atoms with van der Waals surface area (Å²) >= 11 is 6.10. The summed E-state index contributed by atoms with van der Waals surface area (Å²) in [5.74, 6) is 0.518. The van der Waals surface area contributed by atoms with Gasteiger partial charge in [0.05, 0.1) is 13.3 Å². The first-order valence-electron chi connectivity index (χ1n) is 7.19. The summed E-state index contributed by atoms with van der Waals surface area (Å²) in [6.07, 6.45) is 5.54. The fourth-order valence-electron chi connectivity index (χ4n) is 2.48. The van der Waals surface area contributed by atoms with Crippen molar-refractivity contribution in [2.75, 3.05) is 25.5 Å². The van der Waals surface area contributed by atoms with Crippen LogP contribution >= 0.6 is 11.6 Å². The minimum atomic E-state index is 0.00284. The molecule has 1 unspecified atom stereocenters. The summed E-state index contributed by atoms with van der Waals surface area (Å²) in [5, 5.41) is 3.67. The Morgan fingerprint density at radius 2 is 2.22 bits per heavy atom. The molecule has 1 aliphatic rings. The molecule has 0 bridgehead atoms. The van der Waals surface area contributed by atoms with Crippen LogP contribution in [0.15, 0.2) is 30.7 Å². The summed E-state index contributed by atoms with van der Waals surface area (Å²) < 4.78 is 5.00. The summed E-state index contributed by atoms with van der Waals surface area (Å²) in [6, 6.07) is 3.77. The molecule has 23 heavy (non-hydrogen) atoms. The standard InChI is InChI=1S/C15H16ClN5O2/c1-23-15-18-8-12(16)13(20-15)19-11-4-7-21(9-11)14(22)10-2-5-17-6-3-10/h2-3,5-6,8,11H,4,7,9H2,1H3,(H,18,19,20). The predicted octanol–water partition coefficient (Wildman–Crippen LogP) is 1.86. The van der Waals surface area contributed by atoms with E-state index in [1.54, 1.807) is 29.4 Å². The molecular weight excluding hydrogens is 318 g/mol. The number of amides is 1. The summed E-state index contributed by atoms with van der Waals surface area (Å²) in [5.41, 5.74) is 0.641. The van der Waals surface area contributed by atoms with Gasteiger partial charge in [-0.15, -0.1) is 0 Å². The molecule has 3 rings (SSSR count). The Morgan fingerprint density at radius 1 is 1.43 bits per heavy atom. The molecule has 0 aliphatic carbocycles. The van der Waals surface area contributed by atoms with Crippen LogP contribution in [0.3, 0.4) is 0 Å². The Bertz CT molecular complexity index is 698. The van der Waals surface area contributed by atoms with Gasteiger partial charge in [-0.05, 0) is 18.6 Å². The van der Waals surface area contributed by atoms with Gasteiger partial charge in [0.15, 0.2) is 5.82 Å². The Kier molecular flexibility index (Phi) is 4.57.